The highest BCUT2D eigenvalue weighted by molar-refractivity contribution is 5.76. The van der Waals surface area contributed by atoms with Crippen LogP contribution in [-0.2, 0) is 4.79 Å². The van der Waals surface area contributed by atoms with Crippen molar-refractivity contribution in [1.82, 2.24) is 14.7 Å². The molecule has 0 aromatic rings. The van der Waals surface area contributed by atoms with Crippen molar-refractivity contribution < 1.29 is 14.7 Å². The molecule has 6 nitrogen and oxygen atoms in total. The molecule has 6 heteroatoms. The number of hydrogen-bond acceptors (Lipinski definition) is 3. The van der Waals surface area contributed by atoms with E-state index in [1.807, 2.05) is 4.90 Å². The zero-order chi connectivity index (χ0) is 15.4. The average Bonchev–Trinajstić information content (AvgIpc) is 2.58. The second-order valence-corrected chi connectivity index (χ2v) is 6.38. The summed E-state index contributed by atoms with van der Waals surface area (Å²) in [7, 11) is 2.08. The van der Waals surface area contributed by atoms with Crippen LogP contribution in [0.5, 0.6) is 0 Å². The number of carbonyl (C=O) groups is 2. The lowest BCUT2D eigenvalue weighted by molar-refractivity contribution is -0.138. The first-order valence-electron chi connectivity index (χ1n) is 7.96. The van der Waals surface area contributed by atoms with Gasteiger partial charge in [-0.25, -0.2) is 4.79 Å². The molecule has 2 amide bonds. The number of likely N-dealkylation sites (tertiary alicyclic amines) is 1. The van der Waals surface area contributed by atoms with Gasteiger partial charge in [0, 0.05) is 31.7 Å². The summed E-state index contributed by atoms with van der Waals surface area (Å²) in [4.78, 5) is 29.9. The van der Waals surface area contributed by atoms with Gasteiger partial charge in [0.15, 0.2) is 0 Å². The van der Waals surface area contributed by atoms with E-state index in [0.29, 0.717) is 6.54 Å². The normalized spacial score (nSPS) is 28.3. The average molecular weight is 297 g/mol. The molecule has 2 rings (SSSR count). The summed E-state index contributed by atoms with van der Waals surface area (Å²) >= 11 is 0. The number of rotatable bonds is 2. The Bertz CT molecular complexity index is 388. The molecule has 2 aliphatic heterocycles. The maximum atomic E-state index is 12.9. The molecule has 2 aliphatic rings. The number of carbonyl (C=O) groups excluding carboxylic acids is 1. The van der Waals surface area contributed by atoms with E-state index < -0.39 is 5.97 Å². The van der Waals surface area contributed by atoms with Gasteiger partial charge in [-0.3, -0.25) is 4.79 Å². The van der Waals surface area contributed by atoms with Crippen LogP contribution in [0.4, 0.5) is 4.79 Å². The number of likely N-dealkylation sites (N-methyl/N-ethyl adjacent to an activating group) is 1. The van der Waals surface area contributed by atoms with E-state index in [2.05, 4.69) is 18.9 Å². The molecule has 0 radical (unpaired) electrons. The van der Waals surface area contributed by atoms with E-state index in [1.165, 1.54) is 0 Å². The first kappa shape index (κ1) is 16.1. The molecule has 2 fully saturated rings. The molecule has 2 atom stereocenters. The largest absolute Gasteiger partial charge is 0.481 e. The van der Waals surface area contributed by atoms with Crippen LogP contribution in [0.2, 0.25) is 0 Å². The highest BCUT2D eigenvalue weighted by Gasteiger charge is 2.33. The standard InChI is InChI=1S/C15H27N3O3/c1-12-11-16(2)7-5-9-17(12)15(21)18-8-4-3-6-13(18)10-14(19)20/h12-13H,3-11H2,1-2H3,(H,19,20). The van der Waals surface area contributed by atoms with Gasteiger partial charge in [0.05, 0.1) is 6.42 Å². The molecular weight excluding hydrogens is 270 g/mol. The second-order valence-electron chi connectivity index (χ2n) is 6.38. The zero-order valence-corrected chi connectivity index (χ0v) is 13.1. The molecular formula is C15H27N3O3. The van der Waals surface area contributed by atoms with E-state index in [9.17, 15) is 9.59 Å². The maximum absolute atomic E-state index is 12.9. The quantitative estimate of drug-likeness (QED) is 0.838. The molecule has 21 heavy (non-hydrogen) atoms. The molecule has 2 unspecified atom stereocenters. The summed E-state index contributed by atoms with van der Waals surface area (Å²) in [5.41, 5.74) is 0. The Morgan fingerprint density at radius 1 is 1.10 bits per heavy atom. The van der Waals surface area contributed by atoms with Crippen LogP contribution < -0.4 is 0 Å². The topological polar surface area (TPSA) is 64.1 Å². The number of piperidine rings is 1. The summed E-state index contributed by atoms with van der Waals surface area (Å²) < 4.78 is 0. The van der Waals surface area contributed by atoms with Crippen molar-refractivity contribution in [3.63, 3.8) is 0 Å². The van der Waals surface area contributed by atoms with Crippen molar-refractivity contribution >= 4 is 12.0 Å². The van der Waals surface area contributed by atoms with Crippen LogP contribution in [-0.4, -0.2) is 77.1 Å². The lowest BCUT2D eigenvalue weighted by Gasteiger charge is -2.40. The summed E-state index contributed by atoms with van der Waals surface area (Å²) in [6.07, 6.45) is 3.84. The van der Waals surface area contributed by atoms with Gasteiger partial charge in [0.2, 0.25) is 0 Å². The lowest BCUT2D eigenvalue weighted by atomic mass is 9.99. The molecule has 0 aliphatic carbocycles. The summed E-state index contributed by atoms with van der Waals surface area (Å²) in [5, 5.41) is 9.05. The molecule has 2 saturated heterocycles. The van der Waals surface area contributed by atoms with Crippen molar-refractivity contribution in [2.75, 3.05) is 33.2 Å². The predicted octanol–water partition coefficient (Wildman–Crippen LogP) is 1.46. The third-order valence-corrected chi connectivity index (χ3v) is 4.58. The molecule has 0 spiro atoms. The summed E-state index contributed by atoms with van der Waals surface area (Å²) in [6, 6.07) is 0.0677. The Balaban J connectivity index is 2.06. The van der Waals surface area contributed by atoms with E-state index in [-0.39, 0.29) is 24.5 Å². The highest BCUT2D eigenvalue weighted by Crippen LogP contribution is 2.23. The molecule has 1 N–H and O–H groups in total. The number of carboxylic acids is 1. The van der Waals surface area contributed by atoms with Gasteiger partial charge >= 0.3 is 12.0 Å². The van der Waals surface area contributed by atoms with Crippen molar-refractivity contribution in [3.8, 4) is 0 Å². The van der Waals surface area contributed by atoms with Gasteiger partial charge in [-0.2, -0.15) is 0 Å². The van der Waals surface area contributed by atoms with E-state index in [1.54, 1.807) is 4.90 Å². The Labute approximate surface area is 126 Å². The Kier molecular flexibility index (Phi) is 5.45. The van der Waals surface area contributed by atoms with E-state index in [4.69, 9.17) is 5.11 Å². The number of urea groups is 1. The number of carboxylic acid groups (broad SMARTS) is 1. The molecule has 0 aromatic carbocycles. The third-order valence-electron chi connectivity index (χ3n) is 4.58. The fourth-order valence-electron chi connectivity index (χ4n) is 3.49. The Morgan fingerprint density at radius 2 is 1.81 bits per heavy atom. The number of nitrogens with zero attached hydrogens (tertiary/aromatic N) is 3. The summed E-state index contributed by atoms with van der Waals surface area (Å²) in [6.45, 7) is 5.42. The van der Waals surface area contributed by atoms with Crippen LogP contribution in [0.3, 0.4) is 0 Å². The fourth-order valence-corrected chi connectivity index (χ4v) is 3.49. The van der Waals surface area contributed by atoms with Crippen molar-refractivity contribution in [2.45, 2.75) is 51.1 Å². The van der Waals surface area contributed by atoms with Gasteiger partial charge < -0.3 is 19.8 Å². The first-order valence-corrected chi connectivity index (χ1v) is 7.96. The van der Waals surface area contributed by atoms with Crippen molar-refractivity contribution in [1.29, 1.82) is 0 Å². The van der Waals surface area contributed by atoms with E-state index >= 15 is 0 Å². The fraction of sp³-hybridized carbons (Fsp3) is 0.867. The van der Waals surface area contributed by atoms with Gasteiger partial charge in [-0.1, -0.05) is 0 Å². The first-order chi connectivity index (χ1) is 9.99. The van der Waals surface area contributed by atoms with Crippen LogP contribution in [0.1, 0.15) is 39.0 Å². The molecule has 0 bridgehead atoms. The lowest BCUT2D eigenvalue weighted by Crippen LogP contribution is -2.54. The highest BCUT2D eigenvalue weighted by atomic mass is 16.4. The number of amides is 2. The molecule has 2 heterocycles. The van der Waals surface area contributed by atoms with Crippen LogP contribution in [0, 0.1) is 0 Å². The SMILES string of the molecule is CC1CN(C)CCCN1C(=O)N1CCCCC1CC(=O)O. The maximum Gasteiger partial charge on any atom is 0.320 e. The third kappa shape index (κ3) is 4.09. The van der Waals surface area contributed by atoms with E-state index in [0.717, 1.165) is 45.3 Å². The summed E-state index contributed by atoms with van der Waals surface area (Å²) in [5.74, 6) is -0.816. The van der Waals surface area contributed by atoms with Crippen LogP contribution >= 0.6 is 0 Å². The minimum atomic E-state index is -0.816. The Hall–Kier alpha value is -1.30. The minimum absolute atomic E-state index is 0.0313. The number of hydrogen-bond donors (Lipinski definition) is 1. The van der Waals surface area contributed by atoms with Gasteiger partial charge in [-0.15, -0.1) is 0 Å². The molecule has 120 valence electrons. The predicted molar refractivity (Wildman–Crippen MR) is 80.3 cm³/mol. The second kappa shape index (κ2) is 7.11. The number of aliphatic carboxylic acids is 1. The minimum Gasteiger partial charge on any atom is -0.481 e. The molecule has 0 saturated carbocycles. The van der Waals surface area contributed by atoms with Gasteiger partial charge in [0.25, 0.3) is 0 Å². The van der Waals surface area contributed by atoms with Gasteiger partial charge in [0.1, 0.15) is 0 Å². The smallest absolute Gasteiger partial charge is 0.320 e. The van der Waals surface area contributed by atoms with Gasteiger partial charge in [-0.05, 0) is 46.2 Å². The van der Waals surface area contributed by atoms with Crippen LogP contribution in [0.25, 0.3) is 0 Å². The van der Waals surface area contributed by atoms with Crippen molar-refractivity contribution in [2.24, 2.45) is 0 Å². The Morgan fingerprint density at radius 3 is 2.52 bits per heavy atom. The van der Waals surface area contributed by atoms with Crippen LogP contribution in [0.15, 0.2) is 0 Å². The zero-order valence-electron chi connectivity index (χ0n) is 13.1. The monoisotopic (exact) mass is 297 g/mol. The van der Waals surface area contributed by atoms with Crippen molar-refractivity contribution in [3.05, 3.63) is 0 Å². The molecule has 0 aromatic heterocycles.